The summed E-state index contributed by atoms with van der Waals surface area (Å²) < 4.78 is 1.93. The molecular formula is C24H23N3OS. The number of aryl methyl sites for hydroxylation is 2. The number of hydrogen-bond acceptors (Lipinski definition) is 4. The zero-order valence-corrected chi connectivity index (χ0v) is 17.7. The first-order valence-electron chi connectivity index (χ1n) is 9.65. The Bertz CT molecular complexity index is 1170. The number of rotatable bonds is 6. The van der Waals surface area contributed by atoms with Crippen molar-refractivity contribution < 1.29 is 4.79 Å². The fourth-order valence-electron chi connectivity index (χ4n) is 3.53. The molecule has 4 rings (SSSR count). The van der Waals surface area contributed by atoms with Crippen LogP contribution in [0.15, 0.2) is 65.7 Å². The van der Waals surface area contributed by atoms with E-state index in [-0.39, 0.29) is 5.78 Å². The summed E-state index contributed by atoms with van der Waals surface area (Å²) in [7, 11) is 0. The van der Waals surface area contributed by atoms with E-state index >= 15 is 0 Å². The Morgan fingerprint density at radius 3 is 2.28 bits per heavy atom. The van der Waals surface area contributed by atoms with E-state index < -0.39 is 0 Å². The van der Waals surface area contributed by atoms with Crippen LogP contribution in [-0.2, 0) is 11.2 Å². The number of carbonyl (C=O) groups is 1. The van der Waals surface area contributed by atoms with Gasteiger partial charge < -0.3 is 0 Å². The second-order valence-electron chi connectivity index (χ2n) is 7.20. The summed E-state index contributed by atoms with van der Waals surface area (Å²) in [4.78, 5) is 16.7. The number of aromatic nitrogens is 3. The van der Waals surface area contributed by atoms with Gasteiger partial charge in [-0.2, -0.15) is 5.10 Å². The zero-order valence-electron chi connectivity index (χ0n) is 16.8. The molecule has 0 fully saturated rings. The summed E-state index contributed by atoms with van der Waals surface area (Å²) >= 11 is 1.55. The number of ketones is 1. The maximum atomic E-state index is 11.7. The molecule has 2 aromatic carbocycles. The highest BCUT2D eigenvalue weighted by Crippen LogP contribution is 2.33. The smallest absolute Gasteiger partial charge is 0.164 e. The van der Waals surface area contributed by atoms with Gasteiger partial charge in [-0.05, 0) is 31.9 Å². The van der Waals surface area contributed by atoms with Gasteiger partial charge in [0.05, 0.1) is 11.4 Å². The van der Waals surface area contributed by atoms with E-state index in [1.165, 1.54) is 5.56 Å². The molecule has 0 amide bonds. The molecule has 0 aliphatic rings. The molecule has 0 saturated heterocycles. The molecule has 146 valence electrons. The summed E-state index contributed by atoms with van der Waals surface area (Å²) in [6.07, 6.45) is 0.759. The number of Topliss-reactive ketones (excluding diaryl/α,β-unsaturated/α-hetero) is 1. The number of fused-ring (bicyclic) bond motifs is 1. The quantitative estimate of drug-likeness (QED) is 0.325. The van der Waals surface area contributed by atoms with Crippen molar-refractivity contribution in [3.05, 3.63) is 83.2 Å². The predicted molar refractivity (Wildman–Crippen MR) is 119 cm³/mol. The van der Waals surface area contributed by atoms with Crippen molar-refractivity contribution in [2.45, 2.75) is 32.2 Å². The Kier molecular flexibility index (Phi) is 5.49. The van der Waals surface area contributed by atoms with Crippen LogP contribution in [0.25, 0.3) is 16.8 Å². The summed E-state index contributed by atoms with van der Waals surface area (Å²) in [5.41, 5.74) is 7.24. The summed E-state index contributed by atoms with van der Waals surface area (Å²) in [6.45, 7) is 5.69. The lowest BCUT2D eigenvalue weighted by Gasteiger charge is -2.14. The van der Waals surface area contributed by atoms with Gasteiger partial charge in [-0.3, -0.25) is 4.79 Å². The molecule has 0 radical (unpaired) electrons. The molecule has 0 atom stereocenters. The number of benzene rings is 2. The van der Waals surface area contributed by atoms with Crippen molar-refractivity contribution in [3.63, 3.8) is 0 Å². The minimum atomic E-state index is 0.149. The van der Waals surface area contributed by atoms with E-state index in [1.807, 2.05) is 54.8 Å². The maximum Gasteiger partial charge on any atom is 0.164 e. The molecule has 2 heterocycles. The topological polar surface area (TPSA) is 47.3 Å². The van der Waals surface area contributed by atoms with Crippen molar-refractivity contribution >= 4 is 23.2 Å². The van der Waals surface area contributed by atoms with Crippen LogP contribution in [0, 0.1) is 13.8 Å². The molecule has 0 bridgehead atoms. The number of thioether (sulfide) groups is 1. The molecule has 0 aliphatic carbocycles. The number of nitrogens with zero attached hydrogens (tertiary/aromatic N) is 3. The molecule has 0 unspecified atom stereocenters. The molecule has 4 aromatic rings. The van der Waals surface area contributed by atoms with Gasteiger partial charge in [0.2, 0.25) is 0 Å². The Balaban J connectivity index is 1.92. The Morgan fingerprint density at radius 1 is 0.966 bits per heavy atom. The fraction of sp³-hybridized carbons (Fsp3) is 0.208. The summed E-state index contributed by atoms with van der Waals surface area (Å²) in [6, 6.07) is 20.6. The SMILES string of the molecule is CC(=O)CSc1c(Cc2ccccc2)c(C)nc2c(-c3ccccc3)c(C)nn12. The molecule has 29 heavy (non-hydrogen) atoms. The average molecular weight is 402 g/mol. The fourth-order valence-corrected chi connectivity index (χ4v) is 4.52. The predicted octanol–water partition coefficient (Wildman–Crippen LogP) is 5.29. The van der Waals surface area contributed by atoms with Gasteiger partial charge >= 0.3 is 0 Å². The summed E-state index contributed by atoms with van der Waals surface area (Å²) in [5, 5.41) is 5.83. The van der Waals surface area contributed by atoms with Crippen molar-refractivity contribution in [2.24, 2.45) is 0 Å². The first kappa shape index (κ1) is 19.4. The van der Waals surface area contributed by atoms with Crippen LogP contribution >= 0.6 is 11.8 Å². The summed E-state index contributed by atoms with van der Waals surface area (Å²) in [5.74, 6) is 0.565. The third-order valence-corrected chi connectivity index (χ3v) is 6.14. The van der Waals surface area contributed by atoms with Gasteiger partial charge in [0.25, 0.3) is 0 Å². The van der Waals surface area contributed by atoms with Crippen LogP contribution in [0.5, 0.6) is 0 Å². The van der Waals surface area contributed by atoms with Gasteiger partial charge in [0, 0.05) is 23.2 Å². The Morgan fingerprint density at radius 2 is 1.62 bits per heavy atom. The lowest BCUT2D eigenvalue weighted by atomic mass is 10.0. The minimum absolute atomic E-state index is 0.149. The highest BCUT2D eigenvalue weighted by atomic mass is 32.2. The molecular weight excluding hydrogens is 378 g/mol. The van der Waals surface area contributed by atoms with Crippen molar-refractivity contribution in [1.82, 2.24) is 14.6 Å². The molecule has 0 spiro atoms. The molecule has 0 aliphatic heterocycles. The van der Waals surface area contributed by atoms with Gasteiger partial charge in [-0.15, -0.1) is 0 Å². The van der Waals surface area contributed by atoms with Crippen LogP contribution < -0.4 is 0 Å². The highest BCUT2D eigenvalue weighted by Gasteiger charge is 2.20. The number of hydrogen-bond donors (Lipinski definition) is 0. The van der Waals surface area contributed by atoms with E-state index in [9.17, 15) is 4.79 Å². The second kappa shape index (κ2) is 8.21. The second-order valence-corrected chi connectivity index (χ2v) is 8.16. The lowest BCUT2D eigenvalue weighted by Crippen LogP contribution is -2.07. The molecule has 0 N–H and O–H groups in total. The Hall–Kier alpha value is -2.92. The van der Waals surface area contributed by atoms with Crippen molar-refractivity contribution in [1.29, 1.82) is 0 Å². The van der Waals surface area contributed by atoms with Gasteiger partial charge in [-0.25, -0.2) is 9.50 Å². The van der Waals surface area contributed by atoms with Gasteiger partial charge in [0.15, 0.2) is 5.65 Å². The van der Waals surface area contributed by atoms with E-state index in [0.717, 1.165) is 45.2 Å². The van der Waals surface area contributed by atoms with Gasteiger partial charge in [-0.1, -0.05) is 72.4 Å². The van der Waals surface area contributed by atoms with Crippen LogP contribution in [0.4, 0.5) is 0 Å². The molecule has 5 heteroatoms. The van der Waals surface area contributed by atoms with E-state index in [4.69, 9.17) is 10.1 Å². The highest BCUT2D eigenvalue weighted by molar-refractivity contribution is 8.00. The maximum absolute atomic E-state index is 11.7. The Labute approximate surface area is 175 Å². The van der Waals surface area contributed by atoms with Crippen molar-refractivity contribution in [2.75, 3.05) is 5.75 Å². The minimum Gasteiger partial charge on any atom is -0.299 e. The largest absolute Gasteiger partial charge is 0.299 e. The standard InChI is InChI=1S/C24H23N3OS/c1-16(28)15-29-24-21(14-19-10-6-4-7-11-19)17(2)25-23-22(18(3)26-27(23)24)20-12-8-5-9-13-20/h4-13H,14-15H2,1-3H3. The average Bonchev–Trinajstić information content (AvgIpc) is 3.04. The van der Waals surface area contributed by atoms with Crippen LogP contribution in [0.1, 0.15) is 29.4 Å². The lowest BCUT2D eigenvalue weighted by molar-refractivity contribution is -0.114. The van der Waals surface area contributed by atoms with E-state index in [2.05, 4.69) is 24.3 Å². The first-order valence-corrected chi connectivity index (χ1v) is 10.6. The third kappa shape index (κ3) is 3.96. The number of carbonyl (C=O) groups excluding carboxylic acids is 1. The first-order chi connectivity index (χ1) is 14.0. The molecule has 4 nitrogen and oxygen atoms in total. The van der Waals surface area contributed by atoms with Crippen molar-refractivity contribution in [3.8, 4) is 11.1 Å². The van der Waals surface area contributed by atoms with Crippen LogP contribution in [-0.4, -0.2) is 26.1 Å². The monoisotopic (exact) mass is 401 g/mol. The van der Waals surface area contributed by atoms with E-state index in [0.29, 0.717) is 5.75 Å². The molecule has 2 aromatic heterocycles. The third-order valence-electron chi connectivity index (χ3n) is 4.90. The normalized spacial score (nSPS) is 11.1. The van der Waals surface area contributed by atoms with Gasteiger partial charge in [0.1, 0.15) is 10.8 Å². The molecule has 0 saturated carbocycles. The van der Waals surface area contributed by atoms with Crippen LogP contribution in [0.2, 0.25) is 0 Å². The van der Waals surface area contributed by atoms with Crippen LogP contribution in [0.3, 0.4) is 0 Å². The van der Waals surface area contributed by atoms with E-state index in [1.54, 1.807) is 18.7 Å². The zero-order chi connectivity index (χ0) is 20.4.